The van der Waals surface area contributed by atoms with Crippen molar-refractivity contribution in [3.63, 3.8) is 0 Å². The van der Waals surface area contributed by atoms with Crippen molar-refractivity contribution in [3.8, 4) is 0 Å². The van der Waals surface area contributed by atoms with Crippen LogP contribution in [-0.2, 0) is 0 Å². The number of anilines is 1. The molecule has 1 aromatic rings. The number of nitrogens with zero attached hydrogens (tertiary/aromatic N) is 1. The highest BCUT2D eigenvalue weighted by Crippen LogP contribution is 2.45. The highest BCUT2D eigenvalue weighted by Gasteiger charge is 2.29. The van der Waals surface area contributed by atoms with Gasteiger partial charge < -0.3 is 5.32 Å². The number of halogens is 2. The first-order valence-electron chi connectivity index (χ1n) is 5.51. The van der Waals surface area contributed by atoms with Gasteiger partial charge in [-0.25, -0.2) is 4.98 Å². The summed E-state index contributed by atoms with van der Waals surface area (Å²) in [6.45, 7) is 6.38. The van der Waals surface area contributed by atoms with Gasteiger partial charge >= 0.3 is 0 Å². The maximum absolute atomic E-state index is 6.04. The molecule has 0 saturated heterocycles. The maximum Gasteiger partial charge on any atom is 0.145 e. The quantitative estimate of drug-likeness (QED) is 0.809. The normalized spacial score (nSPS) is 16.3. The van der Waals surface area contributed by atoms with E-state index < -0.39 is 0 Å². The van der Waals surface area contributed by atoms with Crippen molar-refractivity contribution in [2.45, 2.75) is 45.1 Å². The molecule has 0 radical (unpaired) electrons. The van der Waals surface area contributed by atoms with Crippen molar-refractivity contribution >= 4 is 33.3 Å². The number of pyridine rings is 1. The predicted molar refractivity (Wildman–Crippen MR) is 72.3 cm³/mol. The molecule has 0 atom stereocenters. The van der Waals surface area contributed by atoms with E-state index in [9.17, 15) is 0 Å². The molecule has 88 valence electrons. The van der Waals surface area contributed by atoms with Gasteiger partial charge in [0.05, 0.1) is 4.47 Å². The molecule has 0 aromatic carbocycles. The summed E-state index contributed by atoms with van der Waals surface area (Å²) in [5.74, 6) is 1.59. The lowest BCUT2D eigenvalue weighted by Gasteiger charge is -2.23. The van der Waals surface area contributed by atoms with E-state index in [2.05, 4.69) is 53.1 Å². The molecule has 4 heteroatoms. The SMILES string of the molecule is CC(C)(C)Nc1nc(Cl)c(Br)cc1C1CC1. The third-order valence-corrected chi connectivity index (χ3v) is 3.59. The molecule has 2 nitrogen and oxygen atoms in total. The van der Waals surface area contributed by atoms with Crippen molar-refractivity contribution in [1.29, 1.82) is 0 Å². The smallest absolute Gasteiger partial charge is 0.145 e. The number of rotatable bonds is 2. The standard InChI is InChI=1S/C12H16BrClN2/c1-12(2,3)16-11-8(7-4-5-7)6-9(13)10(14)15-11/h6-7H,4-5H2,1-3H3,(H,15,16). The monoisotopic (exact) mass is 302 g/mol. The molecule has 1 aliphatic rings. The molecular weight excluding hydrogens is 288 g/mol. The van der Waals surface area contributed by atoms with Gasteiger partial charge in [-0.05, 0) is 67.1 Å². The number of hydrogen-bond acceptors (Lipinski definition) is 2. The van der Waals surface area contributed by atoms with Crippen LogP contribution in [0.2, 0.25) is 5.15 Å². The van der Waals surface area contributed by atoms with E-state index in [-0.39, 0.29) is 5.54 Å². The Bertz CT molecular complexity index is 408. The van der Waals surface area contributed by atoms with Gasteiger partial charge in [0.25, 0.3) is 0 Å². The van der Waals surface area contributed by atoms with E-state index in [1.54, 1.807) is 0 Å². The van der Waals surface area contributed by atoms with Gasteiger partial charge in [0.15, 0.2) is 0 Å². The zero-order valence-corrected chi connectivity index (χ0v) is 12.1. The minimum absolute atomic E-state index is 0.00774. The summed E-state index contributed by atoms with van der Waals surface area (Å²) in [5.41, 5.74) is 1.29. The Balaban J connectivity index is 2.37. The van der Waals surface area contributed by atoms with Crippen LogP contribution >= 0.6 is 27.5 Å². The molecular formula is C12H16BrClN2. The third kappa shape index (κ3) is 2.89. The van der Waals surface area contributed by atoms with Crippen LogP contribution in [0.25, 0.3) is 0 Å². The van der Waals surface area contributed by atoms with Gasteiger partial charge in [-0.3, -0.25) is 0 Å². The average Bonchev–Trinajstić information content (AvgIpc) is 2.91. The van der Waals surface area contributed by atoms with E-state index in [0.717, 1.165) is 10.3 Å². The van der Waals surface area contributed by atoms with E-state index in [4.69, 9.17) is 11.6 Å². The molecule has 1 aromatic heterocycles. The lowest BCUT2D eigenvalue weighted by molar-refractivity contribution is 0.628. The molecule has 1 heterocycles. The van der Waals surface area contributed by atoms with Crippen LogP contribution < -0.4 is 5.32 Å². The summed E-state index contributed by atoms with van der Waals surface area (Å²) in [6.07, 6.45) is 2.52. The molecule has 0 bridgehead atoms. The fraction of sp³-hybridized carbons (Fsp3) is 0.583. The van der Waals surface area contributed by atoms with Crippen molar-refractivity contribution in [2.24, 2.45) is 0 Å². The molecule has 0 unspecified atom stereocenters. The lowest BCUT2D eigenvalue weighted by Crippen LogP contribution is -2.27. The molecule has 16 heavy (non-hydrogen) atoms. The molecule has 0 amide bonds. The molecule has 1 saturated carbocycles. The number of nitrogens with one attached hydrogen (secondary N) is 1. The van der Waals surface area contributed by atoms with Crippen LogP contribution in [0.3, 0.4) is 0 Å². The summed E-state index contributed by atoms with van der Waals surface area (Å²) < 4.78 is 0.885. The highest BCUT2D eigenvalue weighted by atomic mass is 79.9. The first-order chi connectivity index (χ1) is 7.37. The van der Waals surface area contributed by atoms with Crippen LogP contribution in [-0.4, -0.2) is 10.5 Å². The fourth-order valence-corrected chi connectivity index (χ4v) is 2.12. The van der Waals surface area contributed by atoms with Crippen LogP contribution in [0.5, 0.6) is 0 Å². The second-order valence-electron chi connectivity index (χ2n) is 5.35. The average molecular weight is 304 g/mol. The zero-order valence-electron chi connectivity index (χ0n) is 9.77. The molecule has 2 rings (SSSR count). The van der Waals surface area contributed by atoms with Crippen LogP contribution in [0.1, 0.15) is 45.1 Å². The topological polar surface area (TPSA) is 24.9 Å². The second kappa shape index (κ2) is 4.19. The predicted octanol–water partition coefficient (Wildman–Crippen LogP) is 4.59. The minimum atomic E-state index is 0.00774. The fourth-order valence-electron chi connectivity index (χ4n) is 1.64. The van der Waals surface area contributed by atoms with E-state index in [1.165, 1.54) is 18.4 Å². The van der Waals surface area contributed by atoms with Gasteiger partial charge in [0.2, 0.25) is 0 Å². The Labute approximate surface area is 110 Å². The molecule has 1 N–H and O–H groups in total. The van der Waals surface area contributed by atoms with E-state index >= 15 is 0 Å². The lowest BCUT2D eigenvalue weighted by atomic mass is 10.1. The van der Waals surface area contributed by atoms with Crippen molar-refractivity contribution in [3.05, 3.63) is 21.3 Å². The van der Waals surface area contributed by atoms with Crippen molar-refractivity contribution < 1.29 is 0 Å². The Morgan fingerprint density at radius 2 is 2.06 bits per heavy atom. The van der Waals surface area contributed by atoms with Crippen LogP contribution in [0.15, 0.2) is 10.5 Å². The summed E-state index contributed by atoms with van der Waals surface area (Å²) in [6, 6.07) is 2.10. The molecule has 1 fully saturated rings. The van der Waals surface area contributed by atoms with E-state index in [1.807, 2.05) is 0 Å². The summed E-state index contributed by atoms with van der Waals surface area (Å²) in [7, 11) is 0. The maximum atomic E-state index is 6.04. The second-order valence-corrected chi connectivity index (χ2v) is 6.56. The van der Waals surface area contributed by atoms with Crippen LogP contribution in [0, 0.1) is 0 Å². The Kier molecular flexibility index (Phi) is 3.19. The summed E-state index contributed by atoms with van der Waals surface area (Å²) >= 11 is 9.48. The Morgan fingerprint density at radius 1 is 1.44 bits per heavy atom. The number of hydrogen-bond donors (Lipinski definition) is 1. The first-order valence-corrected chi connectivity index (χ1v) is 6.68. The van der Waals surface area contributed by atoms with Crippen LogP contribution in [0.4, 0.5) is 5.82 Å². The largest absolute Gasteiger partial charge is 0.365 e. The van der Waals surface area contributed by atoms with Gasteiger partial charge in [-0.1, -0.05) is 11.6 Å². The van der Waals surface area contributed by atoms with Crippen molar-refractivity contribution in [1.82, 2.24) is 4.98 Å². The first kappa shape index (κ1) is 12.2. The van der Waals surface area contributed by atoms with Crippen molar-refractivity contribution in [2.75, 3.05) is 5.32 Å². The number of aromatic nitrogens is 1. The molecule has 0 aliphatic heterocycles. The van der Waals surface area contributed by atoms with Gasteiger partial charge in [-0.15, -0.1) is 0 Å². The highest BCUT2D eigenvalue weighted by molar-refractivity contribution is 9.10. The zero-order chi connectivity index (χ0) is 11.9. The molecule has 1 aliphatic carbocycles. The van der Waals surface area contributed by atoms with Gasteiger partial charge in [0, 0.05) is 5.54 Å². The third-order valence-electron chi connectivity index (χ3n) is 2.47. The Morgan fingerprint density at radius 3 is 2.56 bits per heavy atom. The van der Waals surface area contributed by atoms with Gasteiger partial charge in [0.1, 0.15) is 11.0 Å². The summed E-state index contributed by atoms with van der Waals surface area (Å²) in [5, 5.41) is 3.95. The minimum Gasteiger partial charge on any atom is -0.365 e. The van der Waals surface area contributed by atoms with Gasteiger partial charge in [-0.2, -0.15) is 0 Å². The molecule has 0 spiro atoms. The summed E-state index contributed by atoms with van der Waals surface area (Å²) in [4.78, 5) is 4.43. The van der Waals surface area contributed by atoms with E-state index in [0.29, 0.717) is 11.1 Å². The Hall–Kier alpha value is -0.280.